The van der Waals surface area contributed by atoms with Crippen LogP contribution in [0.5, 0.6) is 0 Å². The molecule has 0 saturated carbocycles. The van der Waals surface area contributed by atoms with Gasteiger partial charge in [-0.25, -0.2) is 0 Å². The van der Waals surface area contributed by atoms with Gasteiger partial charge in [0.2, 0.25) is 11.8 Å². The molecule has 0 fully saturated rings. The zero-order valence-corrected chi connectivity index (χ0v) is 18.0. The van der Waals surface area contributed by atoms with Crippen LogP contribution in [0.3, 0.4) is 0 Å². The number of amides is 2. The van der Waals surface area contributed by atoms with Crippen LogP contribution < -0.4 is 10.6 Å². The Hall–Kier alpha value is -2.37. The first-order chi connectivity index (χ1) is 13.7. The third-order valence-corrected chi connectivity index (χ3v) is 5.85. The number of aliphatic carboxylic acids is 1. The third-order valence-electron chi connectivity index (χ3n) is 5.85. The first kappa shape index (κ1) is 22.9. The van der Waals surface area contributed by atoms with Crippen LogP contribution in [0.1, 0.15) is 56.7 Å². The number of carboxylic acids is 1. The molecule has 6 nitrogen and oxygen atoms in total. The molecule has 1 aliphatic carbocycles. The molecule has 6 heteroatoms. The van der Waals surface area contributed by atoms with Gasteiger partial charge in [-0.3, -0.25) is 14.4 Å². The number of hydrogen-bond acceptors (Lipinski definition) is 3. The number of carboxylic acid groups (broad SMARTS) is 1. The van der Waals surface area contributed by atoms with Crippen molar-refractivity contribution >= 4 is 17.8 Å². The van der Waals surface area contributed by atoms with Crippen molar-refractivity contribution in [2.45, 2.75) is 65.3 Å². The zero-order chi connectivity index (χ0) is 21.6. The van der Waals surface area contributed by atoms with Gasteiger partial charge in [-0.2, -0.15) is 0 Å². The molecule has 0 radical (unpaired) electrons. The Morgan fingerprint density at radius 3 is 2.38 bits per heavy atom. The highest BCUT2D eigenvalue weighted by molar-refractivity contribution is 5.90. The van der Waals surface area contributed by atoms with E-state index in [1.54, 1.807) is 14.0 Å². The lowest BCUT2D eigenvalue weighted by atomic mass is 9.84. The van der Waals surface area contributed by atoms with Crippen molar-refractivity contribution in [3.05, 3.63) is 34.9 Å². The molecule has 0 bridgehead atoms. The molecule has 1 aromatic carbocycles. The fourth-order valence-electron chi connectivity index (χ4n) is 4.15. The van der Waals surface area contributed by atoms with Crippen molar-refractivity contribution < 1.29 is 19.5 Å². The number of benzene rings is 1. The molecule has 0 saturated heterocycles. The summed E-state index contributed by atoms with van der Waals surface area (Å²) in [6.07, 6.45) is 5.22. The maximum Gasteiger partial charge on any atom is 0.307 e. The Labute approximate surface area is 173 Å². The van der Waals surface area contributed by atoms with E-state index in [4.69, 9.17) is 0 Å². The molecule has 0 aromatic heterocycles. The molecule has 0 aliphatic heterocycles. The maximum absolute atomic E-state index is 13.0. The van der Waals surface area contributed by atoms with Gasteiger partial charge in [0.15, 0.2) is 0 Å². The van der Waals surface area contributed by atoms with Gasteiger partial charge < -0.3 is 15.7 Å². The molecule has 3 atom stereocenters. The van der Waals surface area contributed by atoms with Gasteiger partial charge in [-0.15, -0.1) is 0 Å². The molecular weight excluding hydrogens is 368 g/mol. The topological polar surface area (TPSA) is 95.5 Å². The molecule has 1 aliphatic rings. The fourth-order valence-corrected chi connectivity index (χ4v) is 4.15. The van der Waals surface area contributed by atoms with E-state index >= 15 is 0 Å². The summed E-state index contributed by atoms with van der Waals surface area (Å²) in [5, 5.41) is 14.9. The standard InChI is InChI=1S/C23H34N2O4/c1-14(2)12-19(15(3)23(28)29)21(26)25-20(22(27)24-4)13-17-10-7-9-16-8-5-6-11-18(16)17/h7,9-10,14-15,19-20H,5-6,8,11-13H2,1-4H3,(H,24,27)(H,25,26)(H,28,29)/t15-,19+,20-/m0/s1. The SMILES string of the molecule is CNC(=O)[C@H](Cc1cccc2c1CCCC2)NC(=O)[C@H](CC(C)C)[C@H](C)C(=O)O. The minimum Gasteiger partial charge on any atom is -0.481 e. The van der Waals surface area contributed by atoms with Crippen LogP contribution in [0, 0.1) is 17.8 Å². The lowest BCUT2D eigenvalue weighted by Crippen LogP contribution is -2.50. The van der Waals surface area contributed by atoms with Gasteiger partial charge in [0.05, 0.1) is 11.8 Å². The van der Waals surface area contributed by atoms with Crippen molar-refractivity contribution in [3.8, 4) is 0 Å². The summed E-state index contributed by atoms with van der Waals surface area (Å²) in [6, 6.07) is 5.45. The van der Waals surface area contributed by atoms with Gasteiger partial charge in [-0.1, -0.05) is 39.0 Å². The minimum absolute atomic E-state index is 0.173. The van der Waals surface area contributed by atoms with Crippen molar-refractivity contribution in [2.75, 3.05) is 7.05 Å². The molecule has 2 rings (SSSR count). The van der Waals surface area contributed by atoms with Crippen molar-refractivity contribution in [3.63, 3.8) is 0 Å². The van der Waals surface area contributed by atoms with Crippen LogP contribution >= 0.6 is 0 Å². The van der Waals surface area contributed by atoms with E-state index < -0.39 is 23.8 Å². The number of carbonyl (C=O) groups is 3. The highest BCUT2D eigenvalue weighted by Gasteiger charge is 2.33. The van der Waals surface area contributed by atoms with Gasteiger partial charge in [0.25, 0.3) is 0 Å². The van der Waals surface area contributed by atoms with Crippen molar-refractivity contribution in [1.29, 1.82) is 0 Å². The number of likely N-dealkylation sites (N-methyl/N-ethyl adjacent to an activating group) is 1. The summed E-state index contributed by atoms with van der Waals surface area (Å²) in [7, 11) is 1.55. The second-order valence-electron chi connectivity index (χ2n) is 8.50. The number of nitrogens with one attached hydrogen (secondary N) is 2. The average Bonchev–Trinajstić information content (AvgIpc) is 2.70. The van der Waals surface area contributed by atoms with E-state index in [1.165, 1.54) is 17.5 Å². The Morgan fingerprint density at radius 1 is 1.07 bits per heavy atom. The predicted octanol–water partition coefficient (Wildman–Crippen LogP) is 2.72. The van der Waals surface area contributed by atoms with Gasteiger partial charge in [0.1, 0.15) is 6.04 Å². The lowest BCUT2D eigenvalue weighted by molar-refractivity contribution is -0.147. The summed E-state index contributed by atoms with van der Waals surface area (Å²) < 4.78 is 0. The molecule has 0 spiro atoms. The maximum atomic E-state index is 13.0. The van der Waals surface area contributed by atoms with Crippen LogP contribution in [0.25, 0.3) is 0 Å². The van der Waals surface area contributed by atoms with E-state index in [0.717, 1.165) is 24.8 Å². The Kier molecular flexibility index (Phi) is 8.23. The first-order valence-corrected chi connectivity index (χ1v) is 10.6. The van der Waals surface area contributed by atoms with E-state index in [-0.39, 0.29) is 17.7 Å². The molecule has 0 unspecified atom stereocenters. The van der Waals surface area contributed by atoms with Crippen molar-refractivity contribution in [2.24, 2.45) is 17.8 Å². The molecule has 3 N–H and O–H groups in total. The molecular formula is C23H34N2O4. The van der Waals surface area contributed by atoms with Crippen LogP contribution in [0.15, 0.2) is 18.2 Å². The summed E-state index contributed by atoms with van der Waals surface area (Å²) in [6.45, 7) is 5.47. The van der Waals surface area contributed by atoms with E-state index in [0.29, 0.717) is 12.8 Å². The largest absolute Gasteiger partial charge is 0.481 e. The number of aryl methyl sites for hydroxylation is 1. The van der Waals surface area contributed by atoms with Gasteiger partial charge >= 0.3 is 5.97 Å². The Bertz CT molecular complexity index is 744. The zero-order valence-electron chi connectivity index (χ0n) is 18.0. The van der Waals surface area contributed by atoms with Crippen molar-refractivity contribution in [1.82, 2.24) is 10.6 Å². The average molecular weight is 403 g/mol. The summed E-state index contributed by atoms with van der Waals surface area (Å²) in [5.41, 5.74) is 3.70. The first-order valence-electron chi connectivity index (χ1n) is 10.6. The van der Waals surface area contributed by atoms with Crippen LogP contribution in [0.2, 0.25) is 0 Å². The monoisotopic (exact) mass is 402 g/mol. The minimum atomic E-state index is -1.00. The quantitative estimate of drug-likeness (QED) is 0.592. The molecule has 0 heterocycles. The van der Waals surface area contributed by atoms with E-state index in [2.05, 4.69) is 16.7 Å². The normalized spacial score (nSPS) is 16.4. The number of fused-ring (bicyclic) bond motifs is 1. The van der Waals surface area contributed by atoms with E-state index in [9.17, 15) is 19.5 Å². The number of rotatable bonds is 9. The lowest BCUT2D eigenvalue weighted by Gasteiger charge is -2.26. The van der Waals surface area contributed by atoms with Crippen LogP contribution in [-0.4, -0.2) is 36.0 Å². The predicted molar refractivity (Wildman–Crippen MR) is 113 cm³/mol. The second kappa shape index (κ2) is 10.4. The smallest absolute Gasteiger partial charge is 0.307 e. The summed E-state index contributed by atoms with van der Waals surface area (Å²) in [5.74, 6) is -2.95. The third kappa shape index (κ3) is 6.05. The van der Waals surface area contributed by atoms with Gasteiger partial charge in [-0.05, 0) is 54.7 Å². The fraction of sp³-hybridized carbons (Fsp3) is 0.609. The number of hydrogen-bond donors (Lipinski definition) is 3. The van der Waals surface area contributed by atoms with E-state index in [1.807, 2.05) is 26.0 Å². The van der Waals surface area contributed by atoms with Crippen LogP contribution in [-0.2, 0) is 33.6 Å². The highest BCUT2D eigenvalue weighted by atomic mass is 16.4. The molecule has 2 amide bonds. The van der Waals surface area contributed by atoms with Gasteiger partial charge in [0, 0.05) is 13.5 Å². The van der Waals surface area contributed by atoms with Crippen LogP contribution in [0.4, 0.5) is 0 Å². The molecule has 1 aromatic rings. The highest BCUT2D eigenvalue weighted by Crippen LogP contribution is 2.26. The second-order valence-corrected chi connectivity index (χ2v) is 8.50. The summed E-state index contributed by atoms with van der Waals surface area (Å²) in [4.78, 5) is 37.0. The molecule has 160 valence electrons. The Morgan fingerprint density at radius 2 is 1.76 bits per heavy atom. The number of carbonyl (C=O) groups excluding carboxylic acids is 2. The summed E-state index contributed by atoms with van der Waals surface area (Å²) >= 11 is 0. The molecule has 29 heavy (non-hydrogen) atoms. The Balaban J connectivity index is 2.23.